The van der Waals surface area contributed by atoms with Crippen LogP contribution in [0.1, 0.15) is 101 Å². The Bertz CT molecular complexity index is 2500. The molecule has 9 rings (SSSR count). The average molecular weight is 934 g/mol. The molecule has 1 saturated carbocycles. The molecule has 4 aromatic rings. The molecule has 0 spiro atoms. The number of H-pyrrole nitrogens is 1. The molecule has 16 heteroatoms. The Morgan fingerprint density at radius 3 is 2.13 bits per heavy atom. The second-order valence-corrected chi connectivity index (χ2v) is 19.7. The molecule has 0 bridgehead atoms. The van der Waals surface area contributed by atoms with Crippen LogP contribution in [0.25, 0.3) is 10.8 Å². The first-order valence-corrected chi connectivity index (χ1v) is 24.9. The molecule has 3 aromatic carbocycles. The van der Waals surface area contributed by atoms with Gasteiger partial charge in [0.25, 0.3) is 17.4 Å². The van der Waals surface area contributed by atoms with Crippen LogP contribution < -0.4 is 16.2 Å². The summed E-state index contributed by atoms with van der Waals surface area (Å²) >= 11 is 0. The molecule has 4 aliphatic heterocycles. The van der Waals surface area contributed by atoms with Crippen LogP contribution in [0.2, 0.25) is 0 Å². The fourth-order valence-electron chi connectivity index (χ4n) is 11.2. The molecule has 1 aliphatic carbocycles. The van der Waals surface area contributed by atoms with Crippen LogP contribution in [0.4, 0.5) is 8.78 Å². The summed E-state index contributed by atoms with van der Waals surface area (Å²) in [5.74, 6) is -1.39. The highest BCUT2D eigenvalue weighted by Gasteiger charge is 2.37. The number of likely N-dealkylation sites (tertiary alicyclic amines) is 1. The Labute approximate surface area is 396 Å². The van der Waals surface area contributed by atoms with Gasteiger partial charge in [0.15, 0.2) is 0 Å². The first-order chi connectivity index (χ1) is 33.1. The summed E-state index contributed by atoms with van der Waals surface area (Å²) in [5.41, 5.74) is 1.97. The van der Waals surface area contributed by atoms with E-state index in [1.165, 1.54) is 12.1 Å². The van der Waals surface area contributed by atoms with E-state index in [1.54, 1.807) is 46.2 Å². The van der Waals surface area contributed by atoms with Gasteiger partial charge in [-0.2, -0.15) is 5.10 Å². The van der Waals surface area contributed by atoms with E-state index in [0.717, 1.165) is 109 Å². The van der Waals surface area contributed by atoms with Crippen LogP contribution in [0, 0.1) is 23.5 Å². The molecule has 5 aliphatic rings. The zero-order valence-electron chi connectivity index (χ0n) is 39.0. The zero-order chi connectivity index (χ0) is 47.1. The molecule has 5 heterocycles. The summed E-state index contributed by atoms with van der Waals surface area (Å²) in [4.78, 5) is 77.2. The van der Waals surface area contributed by atoms with Crippen LogP contribution in [0.5, 0.6) is 0 Å². The van der Waals surface area contributed by atoms with Crippen molar-refractivity contribution in [1.82, 2.24) is 45.3 Å². The van der Waals surface area contributed by atoms with Crippen molar-refractivity contribution in [2.45, 2.75) is 76.2 Å². The van der Waals surface area contributed by atoms with Crippen LogP contribution in [-0.4, -0.2) is 156 Å². The van der Waals surface area contributed by atoms with Crippen molar-refractivity contribution in [2.24, 2.45) is 11.8 Å². The van der Waals surface area contributed by atoms with Gasteiger partial charge < -0.3 is 25.3 Å². The number of halogens is 2. The number of nitrogens with one attached hydrogen (secondary N) is 3. The van der Waals surface area contributed by atoms with Crippen LogP contribution in [0.3, 0.4) is 0 Å². The average Bonchev–Trinajstić information content (AvgIpc) is 3.38. The van der Waals surface area contributed by atoms with Gasteiger partial charge in [0.05, 0.1) is 28.8 Å². The van der Waals surface area contributed by atoms with Gasteiger partial charge in [0.2, 0.25) is 11.8 Å². The third kappa shape index (κ3) is 11.1. The third-order valence-corrected chi connectivity index (χ3v) is 15.3. The highest BCUT2D eigenvalue weighted by atomic mass is 19.1. The van der Waals surface area contributed by atoms with E-state index < -0.39 is 29.5 Å². The molecular weight excluding hydrogens is 869 g/mol. The highest BCUT2D eigenvalue weighted by Crippen LogP contribution is 2.30. The lowest BCUT2D eigenvalue weighted by molar-refractivity contribution is -0.137. The van der Waals surface area contributed by atoms with E-state index in [4.69, 9.17) is 0 Å². The molecule has 4 amide bonds. The Balaban J connectivity index is 0.710. The Morgan fingerprint density at radius 1 is 0.706 bits per heavy atom. The number of hydrogen-bond acceptors (Lipinski definition) is 9. The van der Waals surface area contributed by atoms with Crippen molar-refractivity contribution in [3.05, 3.63) is 111 Å². The maximum absolute atomic E-state index is 15.2. The summed E-state index contributed by atoms with van der Waals surface area (Å²) in [5, 5.41) is 14.4. The molecule has 2 atom stereocenters. The number of piperazine rings is 2. The van der Waals surface area contributed by atoms with Crippen molar-refractivity contribution >= 4 is 34.4 Å². The van der Waals surface area contributed by atoms with Gasteiger partial charge in [-0.1, -0.05) is 49.6 Å². The third-order valence-electron chi connectivity index (χ3n) is 15.3. The Morgan fingerprint density at radius 2 is 1.40 bits per heavy atom. The number of carbonyl (C=O) groups excluding carboxylic acids is 4. The lowest BCUT2D eigenvalue weighted by Crippen LogP contribution is -2.57. The second-order valence-electron chi connectivity index (χ2n) is 19.7. The maximum Gasteiger partial charge on any atom is 0.272 e. The number of nitrogens with zero attached hydrogens (tertiary/aromatic N) is 6. The lowest BCUT2D eigenvalue weighted by Gasteiger charge is -2.41. The quantitative estimate of drug-likeness (QED) is 0.182. The fourth-order valence-corrected chi connectivity index (χ4v) is 11.2. The van der Waals surface area contributed by atoms with Crippen LogP contribution in [-0.2, 0) is 16.0 Å². The summed E-state index contributed by atoms with van der Waals surface area (Å²) in [6.07, 6.45) is 9.17. The molecule has 5 fully saturated rings. The van der Waals surface area contributed by atoms with Gasteiger partial charge in [0.1, 0.15) is 17.7 Å². The number of carbonyl (C=O) groups is 4. The van der Waals surface area contributed by atoms with Gasteiger partial charge >= 0.3 is 0 Å². The van der Waals surface area contributed by atoms with E-state index in [2.05, 4.69) is 30.6 Å². The smallest absolute Gasteiger partial charge is 0.272 e. The standard InChI is InChI=1S/C52H65F2N9O5/c53-44-15-13-38(39-9-6-18-55-32-39)31-42(44)49(65)56-48(37-7-2-1-3-8-37)52(68)63-23-21-60(22-24-63)33-35-16-19-59(20-17-35)34-47(64)61-25-27-62(28-26-61)51(67)43-29-36(12-14-45(43)54)30-46-40-10-4-5-11-41(40)50(66)58-57-46/h4-5,10-15,29,31,35,37,39,48,55H,1-3,6-9,16-28,30,32-34H2,(H,56,65)(H,58,66)/t39?,48-/m1/s1. The minimum atomic E-state index is -0.679. The van der Waals surface area contributed by atoms with Gasteiger partial charge in [-0.25, -0.2) is 13.9 Å². The monoisotopic (exact) mass is 934 g/mol. The normalized spacial score (nSPS) is 20.9. The fraction of sp³-hybridized carbons (Fsp3) is 0.538. The Kier molecular flexibility index (Phi) is 15.2. The molecule has 1 unspecified atom stereocenters. The minimum Gasteiger partial charge on any atom is -0.340 e. The molecule has 362 valence electrons. The topological polar surface area (TPSA) is 154 Å². The van der Waals surface area contributed by atoms with Gasteiger partial charge in [-0.15, -0.1) is 0 Å². The van der Waals surface area contributed by atoms with Gasteiger partial charge in [-0.3, -0.25) is 33.8 Å². The van der Waals surface area contributed by atoms with Crippen LogP contribution in [0.15, 0.2) is 65.5 Å². The lowest BCUT2D eigenvalue weighted by atomic mass is 9.83. The van der Waals surface area contributed by atoms with Crippen molar-refractivity contribution in [3.8, 4) is 0 Å². The number of hydrogen-bond donors (Lipinski definition) is 3. The van der Waals surface area contributed by atoms with Crippen molar-refractivity contribution in [1.29, 1.82) is 0 Å². The molecular formula is C52H65F2N9O5. The largest absolute Gasteiger partial charge is 0.340 e. The maximum atomic E-state index is 15.2. The molecule has 3 N–H and O–H groups in total. The number of aromatic nitrogens is 2. The van der Waals surface area contributed by atoms with E-state index in [1.807, 2.05) is 17.0 Å². The van der Waals surface area contributed by atoms with Crippen LogP contribution >= 0.6 is 0 Å². The summed E-state index contributed by atoms with van der Waals surface area (Å²) < 4.78 is 30.3. The number of amides is 4. The predicted molar refractivity (Wildman–Crippen MR) is 255 cm³/mol. The van der Waals surface area contributed by atoms with Gasteiger partial charge in [-0.05, 0) is 117 Å². The van der Waals surface area contributed by atoms with E-state index in [0.29, 0.717) is 80.2 Å². The van der Waals surface area contributed by atoms with E-state index >= 15 is 8.78 Å². The summed E-state index contributed by atoms with van der Waals surface area (Å²) in [6.45, 7) is 8.69. The minimum absolute atomic E-state index is 0.0143. The highest BCUT2D eigenvalue weighted by molar-refractivity contribution is 5.98. The number of aromatic amines is 1. The van der Waals surface area contributed by atoms with Gasteiger partial charge in [0, 0.05) is 77.3 Å². The second kappa shape index (κ2) is 21.8. The van der Waals surface area contributed by atoms with Crippen molar-refractivity contribution < 1.29 is 28.0 Å². The SMILES string of the molecule is O=C(N[C@@H](C(=O)N1CCN(CC2CCN(CC(=O)N3CCN(C(=O)c4cc(Cc5n[nH]c(=O)c6ccccc56)ccc4F)CC3)CC2)CC1)C1CCCCC1)c1cc(C2CCCNC2)ccc1F. The molecule has 0 radical (unpaired) electrons. The molecule has 14 nitrogen and oxygen atoms in total. The first kappa shape index (κ1) is 47.5. The molecule has 68 heavy (non-hydrogen) atoms. The molecule has 1 aromatic heterocycles. The zero-order valence-corrected chi connectivity index (χ0v) is 39.0. The summed E-state index contributed by atoms with van der Waals surface area (Å²) in [6, 6.07) is 15.8. The number of fused-ring (bicyclic) bond motifs is 1. The number of rotatable bonds is 12. The first-order valence-electron chi connectivity index (χ1n) is 24.9. The Hall–Kier alpha value is -5.58. The predicted octanol–water partition coefficient (Wildman–Crippen LogP) is 4.78. The van der Waals surface area contributed by atoms with Crippen molar-refractivity contribution in [3.63, 3.8) is 0 Å². The van der Waals surface area contributed by atoms with E-state index in [-0.39, 0.29) is 40.3 Å². The summed E-state index contributed by atoms with van der Waals surface area (Å²) in [7, 11) is 0. The van der Waals surface area contributed by atoms with E-state index in [9.17, 15) is 24.0 Å². The number of benzene rings is 3. The van der Waals surface area contributed by atoms with Crippen molar-refractivity contribution in [2.75, 3.05) is 91.6 Å². The number of piperidine rings is 2. The molecule has 4 saturated heterocycles.